The second-order valence-electron chi connectivity index (χ2n) is 6.40. The van der Waals surface area contributed by atoms with Gasteiger partial charge in [-0.1, -0.05) is 35.7 Å². The van der Waals surface area contributed by atoms with Crippen LogP contribution in [0.2, 0.25) is 5.02 Å². The van der Waals surface area contributed by atoms with Gasteiger partial charge in [0, 0.05) is 17.5 Å². The molecule has 0 radical (unpaired) electrons. The van der Waals surface area contributed by atoms with E-state index in [1.165, 1.54) is 17.2 Å². The van der Waals surface area contributed by atoms with Gasteiger partial charge in [0.05, 0.1) is 5.02 Å². The highest BCUT2D eigenvalue weighted by Gasteiger charge is 2.10. The van der Waals surface area contributed by atoms with Crippen LogP contribution in [0.3, 0.4) is 0 Å². The fourth-order valence-electron chi connectivity index (χ4n) is 2.60. The van der Waals surface area contributed by atoms with Gasteiger partial charge < -0.3 is 9.15 Å². The lowest BCUT2D eigenvalue weighted by molar-refractivity contribution is 0.361. The van der Waals surface area contributed by atoms with Crippen molar-refractivity contribution in [2.45, 2.75) is 47.0 Å². The van der Waals surface area contributed by atoms with Crippen LogP contribution in [0.5, 0.6) is 5.75 Å². The van der Waals surface area contributed by atoms with Crippen molar-refractivity contribution in [3.05, 3.63) is 62.5 Å². The maximum atomic E-state index is 11.7. The third-order valence-corrected chi connectivity index (χ3v) is 4.32. The molecule has 0 bridgehead atoms. The van der Waals surface area contributed by atoms with E-state index < -0.39 is 0 Å². The smallest absolute Gasteiger partial charge is 0.336 e. The van der Waals surface area contributed by atoms with Gasteiger partial charge in [-0.25, -0.2) is 4.79 Å². The molecule has 0 N–H and O–H groups in total. The lowest BCUT2D eigenvalue weighted by Gasteiger charge is -2.09. The molecule has 0 amide bonds. The largest absolute Gasteiger partial charge is 0.488 e. The molecule has 1 aromatic carbocycles. The van der Waals surface area contributed by atoms with Gasteiger partial charge >= 0.3 is 5.63 Å². The van der Waals surface area contributed by atoms with Crippen molar-refractivity contribution in [3.63, 3.8) is 0 Å². The summed E-state index contributed by atoms with van der Waals surface area (Å²) in [6.45, 7) is 8.73. The Labute approximate surface area is 153 Å². The minimum absolute atomic E-state index is 0.354. The van der Waals surface area contributed by atoms with E-state index in [-0.39, 0.29) is 5.63 Å². The molecule has 0 atom stereocenters. The summed E-state index contributed by atoms with van der Waals surface area (Å²) >= 11 is 6.33. The van der Waals surface area contributed by atoms with Gasteiger partial charge in [-0.3, -0.25) is 0 Å². The van der Waals surface area contributed by atoms with E-state index in [1.807, 2.05) is 6.92 Å². The van der Waals surface area contributed by atoms with Crippen molar-refractivity contribution in [1.29, 1.82) is 0 Å². The molecule has 3 nitrogen and oxygen atoms in total. The van der Waals surface area contributed by atoms with Gasteiger partial charge in [-0.05, 0) is 57.7 Å². The predicted octanol–water partition coefficient (Wildman–Crippen LogP) is 6.08. The molecule has 0 aliphatic carbocycles. The zero-order valence-electron chi connectivity index (χ0n) is 15.3. The molecule has 1 heterocycles. The van der Waals surface area contributed by atoms with Crippen LogP contribution in [0.25, 0.3) is 11.0 Å². The molecule has 0 spiro atoms. The van der Waals surface area contributed by atoms with E-state index in [9.17, 15) is 4.79 Å². The van der Waals surface area contributed by atoms with E-state index >= 15 is 0 Å². The summed E-state index contributed by atoms with van der Waals surface area (Å²) in [5.74, 6) is 0.527. The maximum Gasteiger partial charge on any atom is 0.336 e. The van der Waals surface area contributed by atoms with Crippen molar-refractivity contribution in [1.82, 2.24) is 0 Å². The molecule has 134 valence electrons. The van der Waals surface area contributed by atoms with Crippen molar-refractivity contribution in [2.24, 2.45) is 0 Å². The van der Waals surface area contributed by atoms with Crippen LogP contribution in [0.1, 0.15) is 46.1 Å². The molecule has 1 aromatic heterocycles. The number of aryl methyl sites for hydroxylation is 1. The molecule has 2 rings (SSSR count). The molecular weight excluding hydrogens is 336 g/mol. The van der Waals surface area contributed by atoms with Gasteiger partial charge in [0.25, 0.3) is 0 Å². The molecule has 2 aromatic rings. The summed E-state index contributed by atoms with van der Waals surface area (Å²) in [7, 11) is 0. The van der Waals surface area contributed by atoms with Gasteiger partial charge in [-0.15, -0.1) is 0 Å². The highest BCUT2D eigenvalue weighted by atomic mass is 35.5. The highest BCUT2D eigenvalue weighted by Crippen LogP contribution is 2.31. The molecule has 25 heavy (non-hydrogen) atoms. The van der Waals surface area contributed by atoms with E-state index in [4.69, 9.17) is 20.8 Å². The van der Waals surface area contributed by atoms with E-state index in [0.717, 1.165) is 30.2 Å². The van der Waals surface area contributed by atoms with E-state index in [1.54, 1.807) is 12.1 Å². The summed E-state index contributed by atoms with van der Waals surface area (Å²) < 4.78 is 11.1. The van der Waals surface area contributed by atoms with Crippen LogP contribution >= 0.6 is 11.6 Å². The Bertz CT molecular complexity index is 855. The molecule has 4 heteroatoms. The van der Waals surface area contributed by atoms with Gasteiger partial charge in [-0.2, -0.15) is 0 Å². The minimum Gasteiger partial charge on any atom is -0.488 e. The second-order valence-corrected chi connectivity index (χ2v) is 6.81. The fourth-order valence-corrected chi connectivity index (χ4v) is 2.81. The maximum absolute atomic E-state index is 11.7. The van der Waals surface area contributed by atoms with Gasteiger partial charge in [0.15, 0.2) is 0 Å². The number of fused-ring (bicyclic) bond motifs is 1. The summed E-state index contributed by atoms with van der Waals surface area (Å²) in [4.78, 5) is 11.7. The quantitative estimate of drug-likeness (QED) is 0.443. The Kier molecular flexibility index (Phi) is 6.89. The molecule has 0 fully saturated rings. The first-order chi connectivity index (χ1) is 11.9. The first-order valence-corrected chi connectivity index (χ1v) is 8.96. The monoisotopic (exact) mass is 360 g/mol. The summed E-state index contributed by atoms with van der Waals surface area (Å²) in [5, 5.41) is 1.37. The van der Waals surface area contributed by atoms with Crippen molar-refractivity contribution in [2.75, 3.05) is 6.61 Å². The van der Waals surface area contributed by atoms with Crippen molar-refractivity contribution in [3.8, 4) is 5.75 Å². The average molecular weight is 361 g/mol. The second kappa shape index (κ2) is 8.91. The zero-order valence-corrected chi connectivity index (χ0v) is 16.1. The number of hydrogen-bond acceptors (Lipinski definition) is 3. The Morgan fingerprint density at radius 3 is 2.64 bits per heavy atom. The molecular formula is C21H25ClO3. The van der Waals surface area contributed by atoms with Crippen LogP contribution < -0.4 is 10.4 Å². The Morgan fingerprint density at radius 1 is 1.20 bits per heavy atom. The Balaban J connectivity index is 2.12. The molecule has 0 aliphatic heterocycles. The first-order valence-electron chi connectivity index (χ1n) is 8.58. The van der Waals surface area contributed by atoms with Gasteiger partial charge in [0.1, 0.15) is 17.9 Å². The standard InChI is InChI=1S/C21H25ClO3/c1-5-16-11-21(23)25-19-13-20(18(22)12-17(16)19)24-10-9-15(4)8-6-7-14(2)3/h7,9,11-13H,5-6,8,10H2,1-4H3/b15-9+. The predicted molar refractivity (Wildman–Crippen MR) is 105 cm³/mol. The summed E-state index contributed by atoms with van der Waals surface area (Å²) in [5.41, 5.74) is 3.68. The normalized spacial score (nSPS) is 11.6. The number of benzene rings is 1. The van der Waals surface area contributed by atoms with Crippen LogP contribution in [0.15, 0.2) is 50.7 Å². The van der Waals surface area contributed by atoms with E-state index in [0.29, 0.717) is 23.0 Å². The third-order valence-electron chi connectivity index (χ3n) is 4.03. The lowest BCUT2D eigenvalue weighted by Crippen LogP contribution is -2.01. The van der Waals surface area contributed by atoms with Crippen molar-refractivity contribution < 1.29 is 9.15 Å². The Hall–Kier alpha value is -2.00. The number of allylic oxidation sites excluding steroid dienone is 3. The third kappa shape index (κ3) is 5.50. The summed E-state index contributed by atoms with van der Waals surface area (Å²) in [6.07, 6.45) is 7.07. The number of hydrogen-bond donors (Lipinski definition) is 0. The average Bonchev–Trinajstić information content (AvgIpc) is 2.54. The van der Waals surface area contributed by atoms with Gasteiger partial charge in [0.2, 0.25) is 0 Å². The topological polar surface area (TPSA) is 39.4 Å². The Morgan fingerprint density at radius 2 is 1.96 bits per heavy atom. The first kappa shape index (κ1) is 19.3. The molecule has 0 unspecified atom stereocenters. The number of halogens is 1. The number of ether oxygens (including phenoxy) is 1. The van der Waals surface area contributed by atoms with Crippen LogP contribution in [0, 0.1) is 0 Å². The van der Waals surface area contributed by atoms with Crippen LogP contribution in [-0.2, 0) is 6.42 Å². The molecule has 0 aliphatic rings. The minimum atomic E-state index is -0.354. The molecule has 0 saturated carbocycles. The highest BCUT2D eigenvalue weighted by molar-refractivity contribution is 6.32. The molecule has 0 saturated heterocycles. The lowest BCUT2D eigenvalue weighted by atomic mass is 10.1. The zero-order chi connectivity index (χ0) is 18.4. The van der Waals surface area contributed by atoms with Crippen LogP contribution in [0.4, 0.5) is 0 Å². The fraction of sp³-hybridized carbons (Fsp3) is 0.381. The SMILES string of the molecule is CCc1cc(=O)oc2cc(OC/C=C(\C)CCC=C(C)C)c(Cl)cc12. The summed E-state index contributed by atoms with van der Waals surface area (Å²) in [6, 6.07) is 5.02. The van der Waals surface area contributed by atoms with Crippen molar-refractivity contribution >= 4 is 22.6 Å². The van der Waals surface area contributed by atoms with E-state index in [2.05, 4.69) is 32.9 Å². The number of rotatable bonds is 7. The van der Waals surface area contributed by atoms with Crippen LogP contribution in [-0.4, -0.2) is 6.61 Å².